The fraction of sp³-hybridized carbons (Fsp3) is 0. The molecule has 4 amide bonds. The van der Waals surface area contributed by atoms with Gasteiger partial charge >= 0.3 is 32.3 Å². The minimum absolute atomic E-state index is 0.0115. The third-order valence-corrected chi connectivity index (χ3v) is 10.6. The summed E-state index contributed by atoms with van der Waals surface area (Å²) >= 11 is 0. The van der Waals surface area contributed by atoms with Gasteiger partial charge in [-0.25, -0.2) is 9.59 Å². The van der Waals surface area contributed by atoms with Crippen molar-refractivity contribution >= 4 is 76.6 Å². The van der Waals surface area contributed by atoms with Gasteiger partial charge in [-0.2, -0.15) is 16.8 Å². The van der Waals surface area contributed by atoms with Crippen molar-refractivity contribution in [1.29, 1.82) is 0 Å². The summed E-state index contributed by atoms with van der Waals surface area (Å²) < 4.78 is 62.2. The number of benzene rings is 7. The predicted molar refractivity (Wildman–Crippen MR) is 208 cm³/mol. The van der Waals surface area contributed by atoms with Crippen LogP contribution >= 0.6 is 0 Å². The summed E-state index contributed by atoms with van der Waals surface area (Å²) in [5, 5.41) is 14.0. The molecule has 0 aliphatic rings. The Morgan fingerprint density at radius 3 is 1.13 bits per heavy atom. The van der Waals surface area contributed by atoms with Crippen LogP contribution in [0, 0.1) is 0 Å². The Balaban J connectivity index is 0.924. The van der Waals surface area contributed by atoms with E-state index in [1.54, 1.807) is 48.5 Å². The van der Waals surface area contributed by atoms with Crippen molar-refractivity contribution in [2.24, 2.45) is 0 Å². The highest BCUT2D eigenvalue weighted by Gasteiger charge is 2.19. The van der Waals surface area contributed by atoms with Crippen molar-refractivity contribution in [2.45, 2.75) is 9.79 Å². The summed E-state index contributed by atoms with van der Waals surface area (Å²) in [6, 6.07) is 41.1. The molecule has 0 saturated heterocycles. The third kappa shape index (κ3) is 8.41. The number of para-hydroxylation sites is 2. The predicted octanol–water partition coefficient (Wildman–Crippen LogP) is 8.82. The summed E-state index contributed by atoms with van der Waals surface area (Å²) in [4.78, 5) is 25.8. The molecule has 7 aromatic rings. The molecule has 0 bridgehead atoms. The molecule has 0 aliphatic carbocycles. The van der Waals surface area contributed by atoms with Crippen molar-refractivity contribution in [1.82, 2.24) is 0 Å². The van der Waals surface area contributed by atoms with Crippen LogP contribution < -0.4 is 29.6 Å². The van der Waals surface area contributed by atoms with Crippen molar-refractivity contribution in [3.8, 4) is 11.5 Å². The molecule has 7 rings (SSSR count). The van der Waals surface area contributed by atoms with E-state index in [9.17, 15) is 26.4 Å². The van der Waals surface area contributed by atoms with E-state index in [1.165, 1.54) is 60.7 Å². The Morgan fingerprint density at radius 2 is 0.741 bits per heavy atom. The zero-order valence-corrected chi connectivity index (χ0v) is 29.7. The first-order valence-electron chi connectivity index (χ1n) is 16.3. The lowest BCUT2D eigenvalue weighted by Crippen LogP contribution is -2.23. The first-order valence-corrected chi connectivity index (χ1v) is 19.1. The lowest BCUT2D eigenvalue weighted by molar-refractivity contribution is 0.261. The smallest absolute Gasteiger partial charge is 0.339 e. The second-order valence-corrected chi connectivity index (χ2v) is 14.9. The van der Waals surface area contributed by atoms with Crippen LogP contribution in [0.2, 0.25) is 0 Å². The number of amides is 4. The maximum absolute atomic E-state index is 12.9. The van der Waals surface area contributed by atoms with Crippen molar-refractivity contribution < 1.29 is 34.8 Å². The van der Waals surface area contributed by atoms with E-state index >= 15 is 0 Å². The first-order chi connectivity index (χ1) is 26.0. The Labute approximate surface area is 310 Å². The van der Waals surface area contributed by atoms with Crippen molar-refractivity contribution in [3.05, 3.63) is 158 Å². The molecule has 4 N–H and O–H groups in total. The van der Waals surface area contributed by atoms with Crippen LogP contribution in [-0.4, -0.2) is 28.9 Å². The molecule has 54 heavy (non-hydrogen) atoms. The fourth-order valence-corrected chi connectivity index (χ4v) is 7.39. The quantitative estimate of drug-likeness (QED) is 0.100. The SMILES string of the molecule is O=C(Nc1ccc(OS(=O)(=O)c2ccc3ccccc3c2)cc1)Nc1ccccc1NC(=O)Nc1ccc(OS(=O)(=O)c2ccc3ccccc3c2)cc1. The largest absolute Gasteiger partial charge is 0.379 e. The summed E-state index contributed by atoms with van der Waals surface area (Å²) in [5.41, 5.74) is 1.27. The van der Waals surface area contributed by atoms with Gasteiger partial charge in [-0.3, -0.25) is 0 Å². The number of anilines is 4. The highest BCUT2D eigenvalue weighted by molar-refractivity contribution is 7.87. The molecule has 0 spiro atoms. The lowest BCUT2D eigenvalue weighted by atomic mass is 10.1. The van der Waals surface area contributed by atoms with E-state index in [0.717, 1.165) is 21.5 Å². The first kappa shape index (κ1) is 35.5. The van der Waals surface area contributed by atoms with E-state index in [-0.39, 0.29) is 32.7 Å². The molecular formula is C40H30N4O8S2. The molecule has 0 saturated carbocycles. The molecule has 0 aliphatic heterocycles. The topological polar surface area (TPSA) is 169 Å². The van der Waals surface area contributed by atoms with Gasteiger partial charge in [-0.05, 0) is 106 Å². The number of hydrogen-bond acceptors (Lipinski definition) is 8. The standard InChI is InChI=1S/C40H30N4O8S2/c45-39(41-31-15-19-33(20-16-31)51-53(47,48)35-23-13-27-7-1-3-9-29(27)25-35)43-37-11-5-6-12-38(37)44-40(46)42-32-17-21-34(22-18-32)52-54(49,50)36-24-14-28-8-2-4-10-30(28)26-36/h1-26H,(H2,41,43,45)(H2,42,44,46). The number of rotatable bonds is 10. The maximum atomic E-state index is 12.9. The number of fused-ring (bicyclic) bond motifs is 2. The Morgan fingerprint density at radius 1 is 0.389 bits per heavy atom. The van der Waals surface area contributed by atoms with Crippen LogP contribution in [-0.2, 0) is 20.2 Å². The monoisotopic (exact) mass is 758 g/mol. The molecule has 0 heterocycles. The zero-order chi connectivity index (χ0) is 37.7. The molecule has 0 atom stereocenters. The fourth-order valence-electron chi connectivity index (χ4n) is 5.45. The molecule has 14 heteroatoms. The Bertz CT molecular complexity index is 2550. The van der Waals surface area contributed by atoms with Crippen LogP contribution in [0.3, 0.4) is 0 Å². The lowest BCUT2D eigenvalue weighted by Gasteiger charge is -2.14. The highest BCUT2D eigenvalue weighted by Crippen LogP contribution is 2.27. The van der Waals surface area contributed by atoms with Gasteiger partial charge in [-0.1, -0.05) is 72.8 Å². The number of carbonyl (C=O) groups is 2. The molecule has 0 aromatic heterocycles. The second-order valence-electron chi connectivity index (χ2n) is 11.8. The van der Waals surface area contributed by atoms with E-state index in [4.69, 9.17) is 8.37 Å². The van der Waals surface area contributed by atoms with Crippen LogP contribution in [0.5, 0.6) is 11.5 Å². The van der Waals surface area contributed by atoms with Gasteiger partial charge in [0.1, 0.15) is 21.3 Å². The van der Waals surface area contributed by atoms with Crippen molar-refractivity contribution in [3.63, 3.8) is 0 Å². The summed E-state index contributed by atoms with van der Waals surface area (Å²) in [7, 11) is -8.21. The second kappa shape index (κ2) is 15.0. The van der Waals surface area contributed by atoms with Crippen LogP contribution in [0.1, 0.15) is 0 Å². The number of urea groups is 2. The van der Waals surface area contributed by atoms with Gasteiger partial charge in [0.15, 0.2) is 0 Å². The minimum atomic E-state index is -4.11. The summed E-state index contributed by atoms with van der Waals surface area (Å²) in [6.45, 7) is 0. The number of carbonyl (C=O) groups excluding carboxylic acids is 2. The number of hydrogen-bond donors (Lipinski definition) is 4. The van der Waals surface area contributed by atoms with Crippen LogP contribution in [0.4, 0.5) is 32.3 Å². The molecule has 0 radical (unpaired) electrons. The molecule has 12 nitrogen and oxygen atoms in total. The van der Waals surface area contributed by atoms with E-state index < -0.39 is 32.3 Å². The summed E-state index contributed by atoms with van der Waals surface area (Å²) in [5.74, 6) is 0.116. The van der Waals surface area contributed by atoms with E-state index in [0.29, 0.717) is 11.4 Å². The van der Waals surface area contributed by atoms with Gasteiger partial charge in [0.2, 0.25) is 0 Å². The van der Waals surface area contributed by atoms with Gasteiger partial charge in [-0.15, -0.1) is 0 Å². The van der Waals surface area contributed by atoms with E-state index in [2.05, 4.69) is 21.3 Å². The van der Waals surface area contributed by atoms with Gasteiger partial charge in [0.05, 0.1) is 11.4 Å². The van der Waals surface area contributed by atoms with Crippen LogP contribution in [0.15, 0.2) is 168 Å². The van der Waals surface area contributed by atoms with Gasteiger partial charge < -0.3 is 29.6 Å². The van der Waals surface area contributed by atoms with Crippen molar-refractivity contribution in [2.75, 3.05) is 21.3 Å². The molecule has 7 aromatic carbocycles. The molecule has 0 unspecified atom stereocenters. The number of nitrogens with one attached hydrogen (secondary N) is 4. The van der Waals surface area contributed by atoms with Gasteiger partial charge in [0.25, 0.3) is 0 Å². The maximum Gasteiger partial charge on any atom is 0.339 e. The normalized spacial score (nSPS) is 11.4. The van der Waals surface area contributed by atoms with E-state index in [1.807, 2.05) is 48.5 Å². The third-order valence-electron chi connectivity index (χ3n) is 8.08. The zero-order valence-electron chi connectivity index (χ0n) is 28.1. The summed E-state index contributed by atoms with van der Waals surface area (Å²) in [6.07, 6.45) is 0. The molecule has 0 fully saturated rings. The van der Waals surface area contributed by atoms with Crippen LogP contribution in [0.25, 0.3) is 21.5 Å². The average molecular weight is 759 g/mol. The Hall–Kier alpha value is -6.90. The van der Waals surface area contributed by atoms with Gasteiger partial charge in [0, 0.05) is 11.4 Å². The molecule has 270 valence electrons. The Kier molecular flexibility index (Phi) is 9.85. The average Bonchev–Trinajstić information content (AvgIpc) is 3.16. The molecular weight excluding hydrogens is 729 g/mol. The highest BCUT2D eigenvalue weighted by atomic mass is 32.2. The minimum Gasteiger partial charge on any atom is -0.379 e.